The molecule has 1 unspecified atom stereocenters. The third-order valence-corrected chi connectivity index (χ3v) is 3.22. The largest absolute Gasteiger partial charge is 0.497 e. The monoisotopic (exact) mass is 275 g/mol. The molecule has 1 heterocycles. The molecule has 0 aliphatic heterocycles. The zero-order chi connectivity index (χ0) is 13.7. The summed E-state index contributed by atoms with van der Waals surface area (Å²) in [5.74, 6) is 0.342. The lowest BCUT2D eigenvalue weighted by atomic mass is 9.93. The van der Waals surface area contributed by atoms with Crippen molar-refractivity contribution in [3.63, 3.8) is 0 Å². The lowest BCUT2D eigenvalue weighted by molar-refractivity contribution is -0.113. The highest BCUT2D eigenvalue weighted by Crippen LogP contribution is 2.26. The van der Waals surface area contributed by atoms with Crippen molar-refractivity contribution < 1.29 is 9.53 Å². The smallest absolute Gasteiger partial charge is 0.229 e. The van der Waals surface area contributed by atoms with Crippen molar-refractivity contribution in [1.82, 2.24) is 4.98 Å². The molecule has 2 rings (SSSR count). The van der Waals surface area contributed by atoms with E-state index in [4.69, 9.17) is 16.3 Å². The normalized spacial score (nSPS) is 11.9. The molecular weight excluding hydrogens is 262 g/mol. The van der Waals surface area contributed by atoms with Crippen LogP contribution in [-0.2, 0) is 11.2 Å². The van der Waals surface area contributed by atoms with Gasteiger partial charge >= 0.3 is 0 Å². The third-order valence-electron chi connectivity index (χ3n) is 2.96. The number of carbonyl (C=O) groups is 1. The fourth-order valence-corrected chi connectivity index (χ4v) is 2.15. The summed E-state index contributed by atoms with van der Waals surface area (Å²) >= 11 is 5.73. The molecule has 0 fully saturated rings. The van der Waals surface area contributed by atoms with E-state index in [9.17, 15) is 4.79 Å². The van der Waals surface area contributed by atoms with Crippen LogP contribution >= 0.6 is 11.6 Å². The molecule has 0 N–H and O–H groups in total. The Bertz CT molecular complexity index is 557. The van der Waals surface area contributed by atoms with Gasteiger partial charge in [0, 0.05) is 12.4 Å². The van der Waals surface area contributed by atoms with Gasteiger partial charge in [0.25, 0.3) is 0 Å². The number of ether oxygens (including phenoxy) is 1. The molecule has 1 aromatic carbocycles. The number of aromatic nitrogens is 1. The van der Waals surface area contributed by atoms with Crippen LogP contribution in [0, 0.1) is 0 Å². The van der Waals surface area contributed by atoms with E-state index in [1.54, 1.807) is 19.5 Å². The zero-order valence-corrected chi connectivity index (χ0v) is 11.3. The predicted molar refractivity (Wildman–Crippen MR) is 74.5 cm³/mol. The molecule has 0 aliphatic rings. The van der Waals surface area contributed by atoms with Gasteiger partial charge < -0.3 is 4.74 Å². The average Bonchev–Trinajstić information content (AvgIpc) is 2.45. The molecule has 0 saturated heterocycles. The maximum atomic E-state index is 11.7. The van der Waals surface area contributed by atoms with E-state index in [-0.39, 0.29) is 11.2 Å². The first-order chi connectivity index (χ1) is 9.20. The number of hydrogen-bond acceptors (Lipinski definition) is 3. The summed E-state index contributed by atoms with van der Waals surface area (Å²) in [4.78, 5) is 15.6. The highest BCUT2D eigenvalue weighted by molar-refractivity contribution is 6.64. The van der Waals surface area contributed by atoms with Crippen molar-refractivity contribution in [1.29, 1.82) is 0 Å². The van der Waals surface area contributed by atoms with Crippen LogP contribution in [0.15, 0.2) is 48.8 Å². The number of carbonyl (C=O) groups excluding carboxylic acids is 1. The van der Waals surface area contributed by atoms with Crippen LogP contribution in [0.3, 0.4) is 0 Å². The lowest BCUT2D eigenvalue weighted by Gasteiger charge is -2.14. The first-order valence-corrected chi connectivity index (χ1v) is 6.30. The van der Waals surface area contributed by atoms with Crippen LogP contribution in [0.5, 0.6) is 5.75 Å². The molecule has 19 heavy (non-hydrogen) atoms. The molecule has 2 aromatic rings. The van der Waals surface area contributed by atoms with Crippen LogP contribution in [0.1, 0.15) is 17.0 Å². The van der Waals surface area contributed by atoms with E-state index >= 15 is 0 Å². The van der Waals surface area contributed by atoms with Crippen molar-refractivity contribution in [3.8, 4) is 5.75 Å². The first-order valence-electron chi connectivity index (χ1n) is 5.93. The summed E-state index contributed by atoms with van der Waals surface area (Å²) < 4.78 is 5.17. The Hall–Kier alpha value is -1.87. The maximum absolute atomic E-state index is 11.7. The van der Waals surface area contributed by atoms with Crippen molar-refractivity contribution in [3.05, 3.63) is 59.9 Å². The van der Waals surface area contributed by atoms with E-state index in [0.29, 0.717) is 6.42 Å². The van der Waals surface area contributed by atoms with E-state index in [2.05, 4.69) is 4.98 Å². The lowest BCUT2D eigenvalue weighted by Crippen LogP contribution is -2.10. The van der Waals surface area contributed by atoms with Crippen molar-refractivity contribution >= 4 is 16.8 Å². The van der Waals surface area contributed by atoms with Crippen LogP contribution < -0.4 is 4.74 Å². The van der Waals surface area contributed by atoms with Crippen molar-refractivity contribution in [2.45, 2.75) is 12.3 Å². The number of methoxy groups -OCH3 is 1. The van der Waals surface area contributed by atoms with E-state index in [1.165, 1.54) is 0 Å². The van der Waals surface area contributed by atoms with Gasteiger partial charge in [0.1, 0.15) is 5.75 Å². The molecule has 4 heteroatoms. The Labute approximate surface area is 117 Å². The molecular formula is C15H14ClNO2. The van der Waals surface area contributed by atoms with Gasteiger partial charge in [-0.1, -0.05) is 12.1 Å². The minimum absolute atomic E-state index is 0.370. The number of pyridine rings is 1. The average molecular weight is 276 g/mol. The summed E-state index contributed by atoms with van der Waals surface area (Å²) in [6.45, 7) is 0. The molecule has 0 amide bonds. The molecule has 1 atom stereocenters. The SMILES string of the molecule is COc1cccc(C(Cc2ccncc2)C(=O)Cl)c1. The second-order valence-corrected chi connectivity index (χ2v) is 4.57. The van der Waals surface area contributed by atoms with Crippen LogP contribution in [-0.4, -0.2) is 17.3 Å². The van der Waals surface area contributed by atoms with E-state index < -0.39 is 0 Å². The maximum Gasteiger partial charge on any atom is 0.229 e. The van der Waals surface area contributed by atoms with Crippen LogP contribution in [0.25, 0.3) is 0 Å². The summed E-state index contributed by atoms with van der Waals surface area (Å²) in [5.41, 5.74) is 1.88. The number of nitrogens with zero attached hydrogens (tertiary/aromatic N) is 1. The Balaban J connectivity index is 2.27. The molecule has 0 saturated carbocycles. The van der Waals surface area contributed by atoms with Gasteiger partial charge in [-0.05, 0) is 53.4 Å². The number of hydrogen-bond donors (Lipinski definition) is 0. The highest BCUT2D eigenvalue weighted by Gasteiger charge is 2.19. The standard InChI is InChI=1S/C15H14ClNO2/c1-19-13-4-2-3-12(10-13)14(15(16)18)9-11-5-7-17-8-6-11/h2-8,10,14H,9H2,1H3. The number of halogens is 1. The van der Waals surface area contributed by atoms with Gasteiger partial charge in [-0.3, -0.25) is 9.78 Å². The summed E-state index contributed by atoms with van der Waals surface area (Å²) in [6, 6.07) is 11.2. The quantitative estimate of drug-likeness (QED) is 0.787. The third kappa shape index (κ3) is 3.55. The predicted octanol–water partition coefficient (Wildman–Crippen LogP) is 3.18. The van der Waals surface area contributed by atoms with E-state index in [0.717, 1.165) is 16.9 Å². The Morgan fingerprint density at radius 1 is 1.32 bits per heavy atom. The van der Waals surface area contributed by atoms with Crippen molar-refractivity contribution in [2.24, 2.45) is 0 Å². The fourth-order valence-electron chi connectivity index (χ4n) is 1.94. The Kier molecular flexibility index (Phi) is 4.53. The summed E-state index contributed by atoms with van der Waals surface area (Å²) in [6.07, 6.45) is 3.96. The molecule has 1 aromatic heterocycles. The fraction of sp³-hybridized carbons (Fsp3) is 0.200. The van der Waals surface area contributed by atoms with Gasteiger partial charge in [-0.2, -0.15) is 0 Å². The van der Waals surface area contributed by atoms with Gasteiger partial charge in [-0.15, -0.1) is 0 Å². The van der Waals surface area contributed by atoms with Gasteiger partial charge in [0.15, 0.2) is 0 Å². The van der Waals surface area contributed by atoms with Gasteiger partial charge in [-0.25, -0.2) is 0 Å². The van der Waals surface area contributed by atoms with Gasteiger partial charge in [0.05, 0.1) is 13.0 Å². The second-order valence-electron chi connectivity index (χ2n) is 4.19. The topological polar surface area (TPSA) is 39.2 Å². The summed E-state index contributed by atoms with van der Waals surface area (Å²) in [5, 5.41) is -0.370. The molecule has 0 radical (unpaired) electrons. The molecule has 0 bridgehead atoms. The molecule has 0 spiro atoms. The molecule has 3 nitrogen and oxygen atoms in total. The number of benzene rings is 1. The van der Waals surface area contributed by atoms with Gasteiger partial charge in [0.2, 0.25) is 5.24 Å². The van der Waals surface area contributed by atoms with Crippen LogP contribution in [0.4, 0.5) is 0 Å². The summed E-state index contributed by atoms with van der Waals surface area (Å²) in [7, 11) is 1.60. The Morgan fingerprint density at radius 2 is 2.05 bits per heavy atom. The van der Waals surface area contributed by atoms with E-state index in [1.807, 2.05) is 36.4 Å². The first kappa shape index (κ1) is 13.6. The minimum atomic E-state index is -0.376. The number of rotatable bonds is 5. The second kappa shape index (κ2) is 6.34. The Morgan fingerprint density at radius 3 is 2.68 bits per heavy atom. The molecule has 0 aliphatic carbocycles. The van der Waals surface area contributed by atoms with Crippen LogP contribution in [0.2, 0.25) is 0 Å². The molecule has 98 valence electrons. The minimum Gasteiger partial charge on any atom is -0.497 e. The highest BCUT2D eigenvalue weighted by atomic mass is 35.5. The van der Waals surface area contributed by atoms with Crippen molar-refractivity contribution in [2.75, 3.05) is 7.11 Å². The zero-order valence-electron chi connectivity index (χ0n) is 10.5.